The number of hydrogen-bond donors (Lipinski definition) is 2. The van der Waals surface area contributed by atoms with Gasteiger partial charge in [0.25, 0.3) is 0 Å². The van der Waals surface area contributed by atoms with Gasteiger partial charge in [0.05, 0.1) is 11.4 Å². The Labute approximate surface area is 187 Å². The molecule has 8 heteroatoms. The Morgan fingerprint density at radius 3 is 2.53 bits per heavy atom. The standard InChI is InChI=1S/C24H29FN6O/c1-16-20(14-28-23(30-16)18-8-11-26-12-9-18)22-21(17-4-6-19(25)7-5-17)15-29-24(31-22)27-10-3-13-32-2/h4-7,14-15,18,26H,3,8-13H2,1-2H3,(H,27,29,31). The lowest BCUT2D eigenvalue weighted by Gasteiger charge is -2.22. The summed E-state index contributed by atoms with van der Waals surface area (Å²) in [6.45, 7) is 5.34. The largest absolute Gasteiger partial charge is 0.385 e. The molecule has 2 N–H and O–H groups in total. The van der Waals surface area contributed by atoms with E-state index in [0.29, 0.717) is 25.0 Å². The van der Waals surface area contributed by atoms with Crippen LogP contribution in [0.4, 0.5) is 10.3 Å². The molecule has 0 amide bonds. The van der Waals surface area contributed by atoms with Gasteiger partial charge in [-0.2, -0.15) is 0 Å². The molecule has 1 aliphatic rings. The van der Waals surface area contributed by atoms with Gasteiger partial charge in [0.1, 0.15) is 11.6 Å². The van der Waals surface area contributed by atoms with E-state index in [4.69, 9.17) is 19.7 Å². The number of nitrogens with one attached hydrogen (secondary N) is 2. The molecular weight excluding hydrogens is 407 g/mol. The van der Waals surface area contributed by atoms with Gasteiger partial charge < -0.3 is 15.4 Å². The van der Waals surface area contributed by atoms with E-state index in [2.05, 4.69) is 15.6 Å². The molecule has 3 aromatic rings. The Balaban J connectivity index is 1.69. The number of hydrogen-bond acceptors (Lipinski definition) is 7. The molecule has 0 saturated carbocycles. The molecule has 1 aliphatic heterocycles. The highest BCUT2D eigenvalue weighted by Crippen LogP contribution is 2.33. The molecular formula is C24H29FN6O. The van der Waals surface area contributed by atoms with E-state index < -0.39 is 0 Å². The maximum absolute atomic E-state index is 13.5. The fourth-order valence-corrected chi connectivity index (χ4v) is 3.92. The molecule has 0 spiro atoms. The van der Waals surface area contributed by atoms with Crippen molar-refractivity contribution in [3.8, 4) is 22.4 Å². The minimum Gasteiger partial charge on any atom is -0.385 e. The number of nitrogens with zero attached hydrogens (tertiary/aromatic N) is 4. The lowest BCUT2D eigenvalue weighted by molar-refractivity contribution is 0.197. The molecule has 1 fully saturated rings. The van der Waals surface area contributed by atoms with Crippen LogP contribution in [0.5, 0.6) is 0 Å². The summed E-state index contributed by atoms with van der Waals surface area (Å²) in [5, 5.41) is 6.63. The zero-order chi connectivity index (χ0) is 22.3. The monoisotopic (exact) mass is 436 g/mol. The number of aromatic nitrogens is 4. The molecule has 4 rings (SSSR count). The Morgan fingerprint density at radius 1 is 1.06 bits per heavy atom. The molecule has 1 aromatic carbocycles. The predicted octanol–water partition coefficient (Wildman–Crippen LogP) is 3.96. The van der Waals surface area contributed by atoms with Crippen molar-refractivity contribution in [1.82, 2.24) is 25.3 Å². The molecule has 7 nitrogen and oxygen atoms in total. The number of ether oxygens (including phenoxy) is 1. The molecule has 0 aliphatic carbocycles. The number of aryl methyl sites for hydroxylation is 1. The second-order valence-electron chi connectivity index (χ2n) is 7.99. The first-order valence-corrected chi connectivity index (χ1v) is 11.1. The smallest absolute Gasteiger partial charge is 0.223 e. The summed E-state index contributed by atoms with van der Waals surface area (Å²) in [7, 11) is 1.68. The number of methoxy groups -OCH3 is 1. The minimum absolute atomic E-state index is 0.279. The summed E-state index contributed by atoms with van der Waals surface area (Å²) in [5.74, 6) is 1.52. The summed E-state index contributed by atoms with van der Waals surface area (Å²) in [6.07, 6.45) is 6.57. The van der Waals surface area contributed by atoms with Crippen LogP contribution in [0, 0.1) is 12.7 Å². The van der Waals surface area contributed by atoms with Crippen LogP contribution in [0.2, 0.25) is 0 Å². The third kappa shape index (κ3) is 5.26. The van der Waals surface area contributed by atoms with E-state index in [9.17, 15) is 4.39 Å². The highest BCUT2D eigenvalue weighted by atomic mass is 19.1. The lowest BCUT2D eigenvalue weighted by Crippen LogP contribution is -2.27. The van der Waals surface area contributed by atoms with Crippen LogP contribution in [-0.4, -0.2) is 53.3 Å². The van der Waals surface area contributed by atoms with Gasteiger partial charge in [-0.05, 0) is 57.0 Å². The van der Waals surface area contributed by atoms with Crippen molar-refractivity contribution in [2.45, 2.75) is 32.1 Å². The van der Waals surface area contributed by atoms with Gasteiger partial charge in [-0.3, -0.25) is 0 Å². The van der Waals surface area contributed by atoms with Crippen molar-refractivity contribution in [2.75, 3.05) is 38.7 Å². The third-order valence-electron chi connectivity index (χ3n) is 5.71. The Kier molecular flexibility index (Phi) is 7.34. The third-order valence-corrected chi connectivity index (χ3v) is 5.71. The van der Waals surface area contributed by atoms with Crippen molar-refractivity contribution >= 4 is 5.95 Å². The number of rotatable bonds is 8. The fourth-order valence-electron chi connectivity index (χ4n) is 3.92. The summed E-state index contributed by atoms with van der Waals surface area (Å²) < 4.78 is 18.6. The number of benzene rings is 1. The summed E-state index contributed by atoms with van der Waals surface area (Å²) >= 11 is 0. The highest BCUT2D eigenvalue weighted by Gasteiger charge is 2.20. The van der Waals surface area contributed by atoms with E-state index in [1.165, 1.54) is 12.1 Å². The van der Waals surface area contributed by atoms with E-state index >= 15 is 0 Å². The van der Waals surface area contributed by atoms with Crippen molar-refractivity contribution < 1.29 is 9.13 Å². The van der Waals surface area contributed by atoms with Gasteiger partial charge in [0.2, 0.25) is 5.95 Å². The summed E-state index contributed by atoms with van der Waals surface area (Å²) in [6, 6.07) is 6.37. The van der Waals surface area contributed by atoms with Crippen molar-refractivity contribution in [1.29, 1.82) is 0 Å². The second-order valence-corrected chi connectivity index (χ2v) is 7.99. The fraction of sp³-hybridized carbons (Fsp3) is 0.417. The Morgan fingerprint density at radius 2 is 1.81 bits per heavy atom. The highest BCUT2D eigenvalue weighted by molar-refractivity contribution is 5.81. The van der Waals surface area contributed by atoms with Crippen molar-refractivity contribution in [2.24, 2.45) is 0 Å². The van der Waals surface area contributed by atoms with Crippen LogP contribution in [0.25, 0.3) is 22.4 Å². The van der Waals surface area contributed by atoms with Gasteiger partial charge in [-0.1, -0.05) is 12.1 Å². The quantitative estimate of drug-likeness (QED) is 0.517. The molecule has 3 heterocycles. The SMILES string of the molecule is COCCCNc1ncc(-c2ccc(F)cc2)c(-c2cnc(C3CCNCC3)nc2C)n1. The Hall–Kier alpha value is -2.97. The van der Waals surface area contributed by atoms with Crippen LogP contribution in [0.3, 0.4) is 0 Å². The molecule has 0 unspecified atom stereocenters. The molecule has 1 saturated heterocycles. The average Bonchev–Trinajstić information content (AvgIpc) is 2.83. The van der Waals surface area contributed by atoms with Crippen LogP contribution < -0.4 is 10.6 Å². The first kappa shape index (κ1) is 22.2. The van der Waals surface area contributed by atoms with Crippen LogP contribution >= 0.6 is 0 Å². The first-order chi connectivity index (χ1) is 15.7. The second kappa shape index (κ2) is 10.6. The maximum atomic E-state index is 13.5. The molecule has 0 atom stereocenters. The van der Waals surface area contributed by atoms with E-state index in [1.807, 2.05) is 13.1 Å². The molecule has 32 heavy (non-hydrogen) atoms. The molecule has 2 aromatic heterocycles. The predicted molar refractivity (Wildman–Crippen MR) is 123 cm³/mol. The average molecular weight is 437 g/mol. The zero-order valence-corrected chi connectivity index (χ0v) is 18.6. The number of piperidine rings is 1. The van der Waals surface area contributed by atoms with Gasteiger partial charge in [-0.15, -0.1) is 0 Å². The minimum atomic E-state index is -0.279. The van der Waals surface area contributed by atoms with Gasteiger partial charge in [-0.25, -0.2) is 24.3 Å². The van der Waals surface area contributed by atoms with Gasteiger partial charge >= 0.3 is 0 Å². The molecule has 0 bridgehead atoms. The van der Waals surface area contributed by atoms with Crippen molar-refractivity contribution in [3.63, 3.8) is 0 Å². The van der Waals surface area contributed by atoms with E-state index in [-0.39, 0.29) is 5.82 Å². The van der Waals surface area contributed by atoms with Crippen LogP contribution in [0.15, 0.2) is 36.7 Å². The zero-order valence-electron chi connectivity index (χ0n) is 18.6. The topological polar surface area (TPSA) is 84.9 Å². The Bertz CT molecular complexity index is 1040. The first-order valence-electron chi connectivity index (χ1n) is 11.1. The van der Waals surface area contributed by atoms with E-state index in [0.717, 1.165) is 66.3 Å². The summed E-state index contributed by atoms with van der Waals surface area (Å²) in [5.41, 5.74) is 4.11. The maximum Gasteiger partial charge on any atom is 0.223 e. The van der Waals surface area contributed by atoms with Crippen LogP contribution in [0.1, 0.15) is 36.7 Å². The van der Waals surface area contributed by atoms with Gasteiger partial charge in [0, 0.05) is 49.7 Å². The lowest BCUT2D eigenvalue weighted by atomic mass is 9.96. The normalized spacial score (nSPS) is 14.5. The number of halogens is 1. The van der Waals surface area contributed by atoms with Crippen LogP contribution in [-0.2, 0) is 4.74 Å². The summed E-state index contributed by atoms with van der Waals surface area (Å²) in [4.78, 5) is 18.8. The molecule has 0 radical (unpaired) electrons. The van der Waals surface area contributed by atoms with Crippen molar-refractivity contribution in [3.05, 3.63) is 54.0 Å². The molecule has 168 valence electrons. The van der Waals surface area contributed by atoms with Gasteiger partial charge in [0.15, 0.2) is 0 Å². The number of anilines is 1. The van der Waals surface area contributed by atoms with E-state index in [1.54, 1.807) is 25.4 Å².